The summed E-state index contributed by atoms with van der Waals surface area (Å²) in [6, 6.07) is 14.5. The van der Waals surface area contributed by atoms with Crippen LogP contribution in [0, 0.1) is 13.8 Å². The number of fused-ring (bicyclic) bond motifs is 2. The number of halogens is 3. The van der Waals surface area contributed by atoms with E-state index in [1.165, 1.54) is 17.0 Å². The molecule has 1 amide bonds. The summed E-state index contributed by atoms with van der Waals surface area (Å²) in [6.07, 6.45) is -4.59. The summed E-state index contributed by atoms with van der Waals surface area (Å²) >= 11 is 0. The van der Waals surface area contributed by atoms with Gasteiger partial charge in [0.05, 0.1) is 22.6 Å². The molecular weight excluding hydrogens is 467 g/mol. The average Bonchev–Trinajstić information content (AvgIpc) is 3.12. The van der Waals surface area contributed by atoms with E-state index in [-0.39, 0.29) is 33.9 Å². The van der Waals surface area contributed by atoms with Crippen LogP contribution in [-0.4, -0.2) is 5.91 Å². The minimum absolute atomic E-state index is 0.0370. The third kappa shape index (κ3) is 3.79. The Morgan fingerprint density at radius 2 is 1.58 bits per heavy atom. The molecule has 3 aromatic carbocycles. The second-order valence-corrected chi connectivity index (χ2v) is 9.55. The van der Waals surface area contributed by atoms with E-state index in [1.54, 1.807) is 12.1 Å². The molecule has 0 N–H and O–H groups in total. The van der Waals surface area contributed by atoms with Gasteiger partial charge in [-0.1, -0.05) is 44.2 Å². The molecule has 1 aliphatic rings. The molecule has 0 bridgehead atoms. The van der Waals surface area contributed by atoms with Crippen LogP contribution in [0.4, 0.5) is 18.9 Å². The Labute approximate surface area is 206 Å². The zero-order valence-electron chi connectivity index (χ0n) is 20.2. The standard InChI is InChI=1S/C29H24F3NO3/c1-15(2)18-8-10-19(11-9-18)25-24-26(34)22-12-16(3)17(4)13-23(22)36-27(24)28(35)33(25)21-7-5-6-20(14-21)29(30,31)32/h5-15,25H,1-4H3. The maximum atomic E-state index is 13.8. The highest BCUT2D eigenvalue weighted by Gasteiger charge is 2.44. The highest BCUT2D eigenvalue weighted by molar-refractivity contribution is 6.10. The predicted molar refractivity (Wildman–Crippen MR) is 133 cm³/mol. The van der Waals surface area contributed by atoms with Gasteiger partial charge in [0.2, 0.25) is 5.76 Å². The van der Waals surface area contributed by atoms with Gasteiger partial charge in [0.25, 0.3) is 5.91 Å². The first-order valence-electron chi connectivity index (χ1n) is 11.7. The first-order valence-corrected chi connectivity index (χ1v) is 11.7. The number of nitrogens with zero attached hydrogens (tertiary/aromatic N) is 1. The molecule has 1 atom stereocenters. The van der Waals surface area contributed by atoms with Gasteiger partial charge in [0.1, 0.15) is 5.58 Å². The molecule has 0 fully saturated rings. The number of hydrogen-bond acceptors (Lipinski definition) is 3. The van der Waals surface area contributed by atoms with E-state index >= 15 is 0 Å². The van der Waals surface area contributed by atoms with Crippen molar-refractivity contribution in [1.29, 1.82) is 0 Å². The number of carbonyl (C=O) groups is 1. The highest BCUT2D eigenvalue weighted by Crippen LogP contribution is 2.43. The molecule has 184 valence electrons. The van der Waals surface area contributed by atoms with Gasteiger partial charge in [-0.25, -0.2) is 0 Å². The lowest BCUT2D eigenvalue weighted by Crippen LogP contribution is -2.29. The van der Waals surface area contributed by atoms with Gasteiger partial charge in [0.15, 0.2) is 5.43 Å². The van der Waals surface area contributed by atoms with Crippen molar-refractivity contribution in [3.8, 4) is 0 Å². The Morgan fingerprint density at radius 1 is 0.917 bits per heavy atom. The van der Waals surface area contributed by atoms with Crippen LogP contribution in [0.1, 0.15) is 69.7 Å². The Morgan fingerprint density at radius 3 is 2.22 bits per heavy atom. The summed E-state index contributed by atoms with van der Waals surface area (Å²) in [5, 5.41) is 0.333. The molecule has 7 heteroatoms. The van der Waals surface area contributed by atoms with Gasteiger partial charge >= 0.3 is 6.18 Å². The molecule has 1 unspecified atom stereocenters. The second-order valence-electron chi connectivity index (χ2n) is 9.55. The largest absolute Gasteiger partial charge is 0.450 e. The van der Waals surface area contributed by atoms with Gasteiger partial charge in [-0.3, -0.25) is 14.5 Å². The van der Waals surface area contributed by atoms with Crippen LogP contribution >= 0.6 is 0 Å². The monoisotopic (exact) mass is 491 g/mol. The molecule has 0 spiro atoms. The predicted octanol–water partition coefficient (Wildman–Crippen LogP) is 7.30. The van der Waals surface area contributed by atoms with Gasteiger partial charge in [-0.2, -0.15) is 13.2 Å². The van der Waals surface area contributed by atoms with Crippen LogP contribution in [-0.2, 0) is 6.18 Å². The van der Waals surface area contributed by atoms with Crippen molar-refractivity contribution >= 4 is 22.6 Å². The van der Waals surface area contributed by atoms with Gasteiger partial charge in [0, 0.05) is 5.69 Å². The molecule has 2 heterocycles. The van der Waals surface area contributed by atoms with Crippen molar-refractivity contribution in [2.75, 3.05) is 4.90 Å². The van der Waals surface area contributed by atoms with Crippen molar-refractivity contribution < 1.29 is 22.4 Å². The average molecular weight is 492 g/mol. The lowest BCUT2D eigenvalue weighted by molar-refractivity contribution is -0.137. The summed E-state index contributed by atoms with van der Waals surface area (Å²) in [5.74, 6) is -0.540. The Hall–Kier alpha value is -3.87. The van der Waals surface area contributed by atoms with Crippen LogP contribution in [0.2, 0.25) is 0 Å². The maximum absolute atomic E-state index is 13.8. The van der Waals surface area contributed by atoms with E-state index in [0.717, 1.165) is 28.8 Å². The van der Waals surface area contributed by atoms with Gasteiger partial charge in [-0.15, -0.1) is 0 Å². The van der Waals surface area contributed by atoms with Crippen LogP contribution in [0.3, 0.4) is 0 Å². The Balaban J connectivity index is 1.78. The molecule has 1 aromatic heterocycles. The second kappa shape index (κ2) is 8.36. The van der Waals surface area contributed by atoms with Crippen molar-refractivity contribution in [2.45, 2.75) is 45.8 Å². The van der Waals surface area contributed by atoms with Crippen LogP contribution in [0.5, 0.6) is 0 Å². The minimum Gasteiger partial charge on any atom is -0.450 e. The fourth-order valence-electron chi connectivity index (χ4n) is 4.71. The normalized spacial score (nSPS) is 15.7. The smallest absolute Gasteiger partial charge is 0.416 e. The quantitative estimate of drug-likeness (QED) is 0.302. The molecule has 5 rings (SSSR count). The molecular formula is C29H24F3NO3. The van der Waals surface area contributed by atoms with Crippen molar-refractivity contribution in [3.05, 3.63) is 110 Å². The summed E-state index contributed by atoms with van der Waals surface area (Å²) in [7, 11) is 0. The number of hydrogen-bond donors (Lipinski definition) is 0. The lowest BCUT2D eigenvalue weighted by Gasteiger charge is -2.26. The molecule has 0 aliphatic carbocycles. The Kier molecular flexibility index (Phi) is 5.54. The van der Waals surface area contributed by atoms with E-state index in [2.05, 4.69) is 0 Å². The lowest BCUT2D eigenvalue weighted by atomic mass is 9.94. The van der Waals surface area contributed by atoms with Crippen LogP contribution < -0.4 is 10.3 Å². The first-order chi connectivity index (χ1) is 17.0. The number of amides is 1. The summed E-state index contributed by atoms with van der Waals surface area (Å²) in [5.41, 5.74) is 2.65. The SMILES string of the molecule is Cc1cc2oc3c(c(=O)c2cc1C)C(c1ccc(C(C)C)cc1)N(c1cccc(C(F)(F)F)c1)C3=O. The van der Waals surface area contributed by atoms with E-state index in [0.29, 0.717) is 10.9 Å². The van der Waals surface area contributed by atoms with Crippen LogP contribution in [0.25, 0.3) is 11.0 Å². The molecule has 0 saturated carbocycles. The van der Waals surface area contributed by atoms with Crippen molar-refractivity contribution in [2.24, 2.45) is 0 Å². The molecule has 4 aromatic rings. The first kappa shape index (κ1) is 23.9. The summed E-state index contributed by atoms with van der Waals surface area (Å²) < 4.78 is 46.5. The van der Waals surface area contributed by atoms with Crippen LogP contribution in [0.15, 0.2) is 69.9 Å². The highest BCUT2D eigenvalue weighted by atomic mass is 19.4. The summed E-state index contributed by atoms with van der Waals surface area (Å²) in [4.78, 5) is 28.7. The number of aryl methyl sites for hydroxylation is 2. The zero-order valence-corrected chi connectivity index (χ0v) is 20.2. The molecule has 4 nitrogen and oxygen atoms in total. The zero-order chi connectivity index (χ0) is 25.9. The van der Waals surface area contributed by atoms with Gasteiger partial charge in [-0.05, 0) is 72.4 Å². The fraction of sp³-hybridized carbons (Fsp3) is 0.241. The molecule has 0 radical (unpaired) electrons. The van der Waals surface area contributed by atoms with Crippen molar-refractivity contribution in [3.63, 3.8) is 0 Å². The number of alkyl halides is 3. The molecule has 0 saturated heterocycles. The number of anilines is 1. The third-order valence-electron chi connectivity index (χ3n) is 6.86. The fourth-order valence-corrected chi connectivity index (χ4v) is 4.71. The number of benzene rings is 3. The van der Waals surface area contributed by atoms with E-state index in [1.807, 2.05) is 52.0 Å². The number of rotatable bonds is 3. The topological polar surface area (TPSA) is 50.5 Å². The Bertz CT molecular complexity index is 1570. The van der Waals surface area contributed by atoms with E-state index in [4.69, 9.17) is 4.42 Å². The summed E-state index contributed by atoms with van der Waals surface area (Å²) in [6.45, 7) is 7.84. The van der Waals surface area contributed by atoms with Crippen molar-refractivity contribution in [1.82, 2.24) is 0 Å². The van der Waals surface area contributed by atoms with Gasteiger partial charge < -0.3 is 4.42 Å². The third-order valence-corrected chi connectivity index (χ3v) is 6.86. The van der Waals surface area contributed by atoms with E-state index in [9.17, 15) is 22.8 Å². The minimum atomic E-state index is -4.59. The number of carbonyl (C=O) groups excluding carboxylic acids is 1. The maximum Gasteiger partial charge on any atom is 0.416 e. The molecule has 1 aliphatic heterocycles. The van der Waals surface area contributed by atoms with E-state index < -0.39 is 23.7 Å². The molecule has 36 heavy (non-hydrogen) atoms.